The van der Waals surface area contributed by atoms with E-state index in [0.29, 0.717) is 5.82 Å². The van der Waals surface area contributed by atoms with Crippen LogP contribution in [0.4, 0.5) is 0 Å². The van der Waals surface area contributed by atoms with E-state index in [4.69, 9.17) is 24.3 Å². The van der Waals surface area contributed by atoms with E-state index in [-0.39, 0.29) is 0 Å². The molecule has 0 spiro atoms. The lowest BCUT2D eigenvalue weighted by Gasteiger charge is -2.10. The first kappa shape index (κ1) is 16.1. The zero-order valence-electron chi connectivity index (χ0n) is 15.1. The number of benzene rings is 2. The number of thiazole rings is 1. The van der Waals surface area contributed by atoms with Gasteiger partial charge in [0.2, 0.25) is 4.96 Å². The van der Waals surface area contributed by atoms with Gasteiger partial charge >= 0.3 is 0 Å². The van der Waals surface area contributed by atoms with Crippen molar-refractivity contribution in [1.29, 1.82) is 0 Å². The molecule has 4 aromatic rings. The zero-order chi connectivity index (χ0) is 18.5. The minimum atomic E-state index is 0.709. The molecule has 2 heterocycles. The Kier molecular flexibility index (Phi) is 3.58. The first-order valence-electron chi connectivity index (χ1n) is 8.50. The van der Waals surface area contributed by atoms with E-state index in [1.807, 2.05) is 40.9 Å². The highest BCUT2D eigenvalue weighted by Crippen LogP contribution is 2.45. The van der Waals surface area contributed by atoms with E-state index in [2.05, 4.69) is 0 Å². The number of rotatable bonds is 4. The number of aromatic nitrogens is 3. The van der Waals surface area contributed by atoms with Crippen molar-refractivity contribution in [2.75, 3.05) is 21.3 Å². The fraction of sp³-hybridized carbons (Fsp3) is 0.200. The van der Waals surface area contributed by atoms with Gasteiger partial charge in [0.25, 0.3) is 0 Å². The third-order valence-corrected chi connectivity index (χ3v) is 5.86. The van der Waals surface area contributed by atoms with Crippen molar-refractivity contribution >= 4 is 16.3 Å². The SMILES string of the molecule is COc1ccc(-c2nc3sc4c(n3n2)-c2cc(OC)c(OC)cc2C4)cc1. The summed E-state index contributed by atoms with van der Waals surface area (Å²) in [6.45, 7) is 0. The molecule has 0 radical (unpaired) electrons. The molecule has 136 valence electrons. The Hall–Kier alpha value is -3.06. The molecule has 0 bridgehead atoms. The topological polar surface area (TPSA) is 57.9 Å². The maximum atomic E-state index is 5.48. The van der Waals surface area contributed by atoms with E-state index in [0.717, 1.165) is 45.5 Å². The van der Waals surface area contributed by atoms with Gasteiger partial charge in [0.05, 0.1) is 27.0 Å². The minimum Gasteiger partial charge on any atom is -0.497 e. The van der Waals surface area contributed by atoms with Crippen molar-refractivity contribution < 1.29 is 14.2 Å². The lowest BCUT2D eigenvalue weighted by Crippen LogP contribution is -1.94. The molecular formula is C20H17N3O3S. The van der Waals surface area contributed by atoms with Gasteiger partial charge < -0.3 is 14.2 Å². The second kappa shape index (κ2) is 5.99. The Morgan fingerprint density at radius 3 is 2.41 bits per heavy atom. The van der Waals surface area contributed by atoms with Crippen LogP contribution in [0.1, 0.15) is 10.4 Å². The lowest BCUT2D eigenvalue weighted by molar-refractivity contribution is 0.355. The largest absolute Gasteiger partial charge is 0.497 e. The van der Waals surface area contributed by atoms with Crippen LogP contribution in [-0.4, -0.2) is 35.9 Å². The average Bonchev–Trinajstić information content (AvgIpc) is 3.35. The highest BCUT2D eigenvalue weighted by Gasteiger charge is 2.28. The van der Waals surface area contributed by atoms with Crippen molar-refractivity contribution in [3.8, 4) is 39.9 Å². The number of hydrogen-bond acceptors (Lipinski definition) is 6. The predicted octanol–water partition coefficient (Wildman–Crippen LogP) is 4.05. The summed E-state index contributed by atoms with van der Waals surface area (Å²) in [6.07, 6.45) is 0.860. The maximum absolute atomic E-state index is 5.48. The third-order valence-electron chi connectivity index (χ3n) is 4.83. The summed E-state index contributed by atoms with van der Waals surface area (Å²) >= 11 is 1.68. The van der Waals surface area contributed by atoms with Gasteiger partial charge in [-0.15, -0.1) is 5.10 Å². The second-order valence-electron chi connectivity index (χ2n) is 6.27. The van der Waals surface area contributed by atoms with Crippen LogP contribution in [0.25, 0.3) is 27.6 Å². The molecule has 0 unspecified atom stereocenters. The molecule has 0 saturated heterocycles. The van der Waals surface area contributed by atoms with Crippen LogP contribution in [0, 0.1) is 0 Å². The molecule has 27 heavy (non-hydrogen) atoms. The van der Waals surface area contributed by atoms with Crippen molar-refractivity contribution in [1.82, 2.24) is 14.6 Å². The normalized spacial score (nSPS) is 12.1. The van der Waals surface area contributed by atoms with Crippen LogP contribution in [0.2, 0.25) is 0 Å². The molecule has 1 aliphatic rings. The Morgan fingerprint density at radius 1 is 0.963 bits per heavy atom. The molecule has 5 rings (SSSR count). The molecule has 0 N–H and O–H groups in total. The van der Waals surface area contributed by atoms with Gasteiger partial charge in [-0.25, -0.2) is 4.52 Å². The first-order chi connectivity index (χ1) is 13.2. The van der Waals surface area contributed by atoms with Crippen LogP contribution in [0.15, 0.2) is 36.4 Å². The molecular weight excluding hydrogens is 362 g/mol. The smallest absolute Gasteiger partial charge is 0.213 e. The maximum Gasteiger partial charge on any atom is 0.213 e. The number of fused-ring (bicyclic) bond motifs is 5. The number of hydrogen-bond donors (Lipinski definition) is 0. The lowest BCUT2D eigenvalue weighted by atomic mass is 10.1. The predicted molar refractivity (Wildman–Crippen MR) is 104 cm³/mol. The van der Waals surface area contributed by atoms with Crippen LogP contribution >= 0.6 is 11.3 Å². The summed E-state index contributed by atoms with van der Waals surface area (Å²) in [5.74, 6) is 3.00. The minimum absolute atomic E-state index is 0.709. The van der Waals surface area contributed by atoms with Crippen LogP contribution in [0.3, 0.4) is 0 Å². The van der Waals surface area contributed by atoms with Crippen LogP contribution in [-0.2, 0) is 6.42 Å². The quantitative estimate of drug-likeness (QED) is 0.471. The van der Waals surface area contributed by atoms with Gasteiger partial charge in [0.15, 0.2) is 17.3 Å². The third kappa shape index (κ3) is 2.39. The second-order valence-corrected chi connectivity index (χ2v) is 7.34. The Balaban J connectivity index is 1.63. The molecule has 7 heteroatoms. The fourth-order valence-electron chi connectivity index (χ4n) is 3.49. The molecule has 0 saturated carbocycles. The van der Waals surface area contributed by atoms with Gasteiger partial charge in [-0.3, -0.25) is 0 Å². The summed E-state index contributed by atoms with van der Waals surface area (Å²) in [7, 11) is 4.97. The van der Waals surface area contributed by atoms with Crippen LogP contribution in [0.5, 0.6) is 17.2 Å². The molecule has 0 atom stereocenters. The summed E-state index contributed by atoms with van der Waals surface area (Å²) < 4.78 is 18.1. The number of nitrogens with zero attached hydrogens (tertiary/aromatic N) is 3. The van der Waals surface area contributed by atoms with E-state index in [1.54, 1.807) is 32.7 Å². The van der Waals surface area contributed by atoms with Gasteiger partial charge in [-0.05, 0) is 42.0 Å². The molecule has 0 amide bonds. The van der Waals surface area contributed by atoms with Gasteiger partial charge in [-0.2, -0.15) is 4.98 Å². The molecule has 6 nitrogen and oxygen atoms in total. The Bertz CT molecular complexity index is 1160. The zero-order valence-corrected chi connectivity index (χ0v) is 16.0. The Morgan fingerprint density at radius 2 is 1.70 bits per heavy atom. The summed E-state index contributed by atoms with van der Waals surface area (Å²) in [4.78, 5) is 6.88. The molecule has 2 aromatic heterocycles. The summed E-state index contributed by atoms with van der Waals surface area (Å²) in [6, 6.07) is 11.9. The van der Waals surface area contributed by atoms with Crippen molar-refractivity contribution in [3.05, 3.63) is 46.8 Å². The van der Waals surface area contributed by atoms with Gasteiger partial charge in [-0.1, -0.05) is 11.3 Å². The molecule has 2 aromatic carbocycles. The number of ether oxygens (including phenoxy) is 3. The van der Waals surface area contributed by atoms with Gasteiger partial charge in [0, 0.05) is 22.4 Å². The van der Waals surface area contributed by atoms with Crippen LogP contribution < -0.4 is 14.2 Å². The van der Waals surface area contributed by atoms with Crippen molar-refractivity contribution in [2.24, 2.45) is 0 Å². The monoisotopic (exact) mass is 379 g/mol. The van der Waals surface area contributed by atoms with E-state index in [1.165, 1.54) is 10.4 Å². The van der Waals surface area contributed by atoms with E-state index < -0.39 is 0 Å². The molecule has 0 fully saturated rings. The average molecular weight is 379 g/mol. The fourth-order valence-corrected chi connectivity index (χ4v) is 4.59. The molecule has 1 aliphatic carbocycles. The molecule has 0 aliphatic heterocycles. The standard InChI is InChI=1S/C20H17N3O3S/c1-24-13-6-4-11(5-7-13)19-21-20-23(22-19)18-14-10-16(26-3)15(25-2)8-12(14)9-17(18)27-20/h4-8,10H,9H2,1-3H3. The van der Waals surface area contributed by atoms with E-state index >= 15 is 0 Å². The first-order valence-corrected chi connectivity index (χ1v) is 9.31. The van der Waals surface area contributed by atoms with Crippen molar-refractivity contribution in [3.63, 3.8) is 0 Å². The highest BCUT2D eigenvalue weighted by atomic mass is 32.1. The number of methoxy groups -OCH3 is 3. The summed E-state index contributed by atoms with van der Waals surface area (Å²) in [5, 5.41) is 4.77. The van der Waals surface area contributed by atoms with Crippen molar-refractivity contribution in [2.45, 2.75) is 6.42 Å². The highest BCUT2D eigenvalue weighted by molar-refractivity contribution is 7.17. The summed E-state index contributed by atoms with van der Waals surface area (Å²) in [5.41, 5.74) is 4.40. The Labute approximate surface area is 160 Å². The van der Waals surface area contributed by atoms with Gasteiger partial charge in [0.1, 0.15) is 5.75 Å². The van der Waals surface area contributed by atoms with E-state index in [9.17, 15) is 0 Å².